The molecule has 2 amide bonds. The summed E-state index contributed by atoms with van der Waals surface area (Å²) in [4.78, 5) is 97.7. The van der Waals surface area contributed by atoms with Gasteiger partial charge in [-0.1, -0.05) is 91.0 Å². The van der Waals surface area contributed by atoms with Crippen molar-refractivity contribution >= 4 is 29.2 Å². The molecule has 117 heavy (non-hydrogen) atoms. The maximum Gasteiger partial charge on any atom is 0.410 e. The fourth-order valence-electron chi connectivity index (χ4n) is 12.7. The number of rotatable bonds is 14. The average Bonchev–Trinajstić information content (AvgIpc) is 0.838. The summed E-state index contributed by atoms with van der Waals surface area (Å²) in [5.41, 5.74) is 12.3. The van der Waals surface area contributed by atoms with Crippen LogP contribution in [-0.2, 0) is 29.2 Å². The number of aromatic amines is 1. The summed E-state index contributed by atoms with van der Waals surface area (Å²) in [5, 5.41) is 55.0. The first-order valence-electron chi connectivity index (χ1n) is 38.0. The number of carbonyl (C=O) groups excluding carboxylic acids is 2. The largest absolute Gasteiger partial charge is 0.444 e. The van der Waals surface area contributed by atoms with E-state index in [-0.39, 0.29) is 42.0 Å². The fourth-order valence-corrected chi connectivity index (χ4v) is 12.7. The van der Waals surface area contributed by atoms with Gasteiger partial charge in [0.15, 0.2) is 17.5 Å². The summed E-state index contributed by atoms with van der Waals surface area (Å²) in [5.74, 6) is 1.84. The van der Waals surface area contributed by atoms with Crippen molar-refractivity contribution in [3.63, 3.8) is 0 Å². The molecule has 0 saturated carbocycles. The van der Waals surface area contributed by atoms with E-state index < -0.39 is 11.2 Å². The third-order valence-corrected chi connectivity index (χ3v) is 18.7. The first kappa shape index (κ1) is 82.0. The zero-order valence-electron chi connectivity index (χ0n) is 65.7. The molecule has 6 aromatic heterocycles. The van der Waals surface area contributed by atoms with Crippen LogP contribution in [0.25, 0.3) is 67.9 Å². The number of aliphatic hydroxyl groups is 1. The number of nitrogens with one attached hydrogen (secondary N) is 2. The Balaban J connectivity index is 0.000000151. The SMILES string of the molecule is CC(C)(C)OC(=O)N1CCN(c2cnc(-c3cccc(CO)c3)nc2)CC1.CC(C)(C)OC(=O)N1CCN(c2cnc(-c3cccc(Cn4nc(-c5cccc(C#N)c5)ccc4=O)c3)nc2)CC1.N#Cc1cccc(-c2ccc(=O)[nH]n2)c1.N#Cc1cccc(-c2ccc(=O)n(Cc3cccc(-c4ncc(N5CCNCC5)cn4)c3)n2)c1. The number of nitriles is 3. The van der Waals surface area contributed by atoms with Crippen LogP contribution in [-0.4, -0.2) is 176 Å². The number of benzene rings is 6. The van der Waals surface area contributed by atoms with Gasteiger partial charge in [0.05, 0.1) is 126 Å². The van der Waals surface area contributed by atoms with Crippen molar-refractivity contribution in [2.45, 2.75) is 72.4 Å². The molecule has 6 aromatic carbocycles. The molecular weight excluding hydrogens is 1480 g/mol. The maximum absolute atomic E-state index is 12.6. The van der Waals surface area contributed by atoms with Gasteiger partial charge in [0.25, 0.3) is 16.7 Å². The lowest BCUT2D eigenvalue weighted by Crippen LogP contribution is -2.50. The van der Waals surface area contributed by atoms with E-state index in [1.807, 2.05) is 157 Å². The summed E-state index contributed by atoms with van der Waals surface area (Å²) in [7, 11) is 0. The molecule has 29 nitrogen and oxygen atoms in total. The Morgan fingerprint density at radius 2 is 0.744 bits per heavy atom. The second-order valence-corrected chi connectivity index (χ2v) is 29.5. The molecule has 12 aromatic rings. The molecule has 0 radical (unpaired) electrons. The van der Waals surface area contributed by atoms with E-state index in [9.17, 15) is 34.3 Å². The van der Waals surface area contributed by atoms with E-state index in [1.165, 1.54) is 27.6 Å². The summed E-state index contributed by atoms with van der Waals surface area (Å²) >= 11 is 0. The minimum absolute atomic E-state index is 0.00610. The number of amides is 2. The second-order valence-electron chi connectivity index (χ2n) is 29.5. The number of anilines is 3. The number of hydrogen-bond acceptors (Lipinski definition) is 24. The molecule has 0 aliphatic carbocycles. The van der Waals surface area contributed by atoms with Crippen LogP contribution in [0.5, 0.6) is 0 Å². The standard InChI is InChI=1S/C31H31N7O3.C26H23N7O.C20H26N4O3.C11H7N3O/c1-31(2,3)41-30(40)37-14-12-36(13-15-37)26-19-33-29(34-20-26)25-9-5-7-23(17-25)21-38-28(39)11-10-27(35-38)24-8-4-6-22(16-24)18-32;27-15-19-3-1-5-21(13-19)24-7-8-25(34)33(31-24)18-20-4-2-6-22(14-20)26-29-16-23(17-30-26)32-11-9-28-10-12-32;1-20(2,3)27-19(26)24-9-7-23(8-10-24)17-12-21-18(22-13-17)16-6-4-5-15(11-16)14-25;12-7-8-2-1-3-9(6-8)10-4-5-11(15)14-13-10/h4-11,16-17,19-20H,12-15,21H2,1-3H3;1-8,13-14,16-17,28H,9-12,18H2;4-6,11-13,25H,7-10,14H2,1-3H3;1-6H,(H,14,15). The van der Waals surface area contributed by atoms with Crippen LogP contribution >= 0.6 is 0 Å². The predicted octanol–water partition coefficient (Wildman–Crippen LogP) is 11.0. The first-order valence-corrected chi connectivity index (χ1v) is 38.0. The van der Waals surface area contributed by atoms with Gasteiger partial charge in [0, 0.05) is 130 Å². The Bertz CT molecular complexity index is 5740. The lowest BCUT2D eigenvalue weighted by Gasteiger charge is -2.36. The van der Waals surface area contributed by atoms with E-state index in [4.69, 9.17) is 20.0 Å². The zero-order chi connectivity index (χ0) is 82.4. The highest BCUT2D eigenvalue weighted by Crippen LogP contribution is 2.27. The molecule has 3 saturated heterocycles. The molecule has 0 unspecified atom stereocenters. The van der Waals surface area contributed by atoms with Crippen molar-refractivity contribution in [2.75, 3.05) is 93.2 Å². The molecule has 3 aliphatic heterocycles. The normalized spacial score (nSPS) is 13.3. The van der Waals surface area contributed by atoms with Gasteiger partial charge >= 0.3 is 12.2 Å². The van der Waals surface area contributed by atoms with Crippen molar-refractivity contribution in [1.29, 1.82) is 15.8 Å². The van der Waals surface area contributed by atoms with Crippen molar-refractivity contribution in [1.82, 2.24) is 74.8 Å². The van der Waals surface area contributed by atoms with E-state index in [2.05, 4.69) is 82.5 Å². The molecule has 3 aliphatic rings. The molecule has 592 valence electrons. The zero-order valence-corrected chi connectivity index (χ0v) is 65.7. The molecule has 0 atom stereocenters. The van der Waals surface area contributed by atoms with Crippen LogP contribution in [0.15, 0.2) is 234 Å². The Morgan fingerprint density at radius 1 is 0.410 bits per heavy atom. The second kappa shape index (κ2) is 38.4. The Morgan fingerprint density at radius 3 is 1.09 bits per heavy atom. The number of nitrogens with zero attached hydrogens (tertiary/aromatic N) is 19. The van der Waals surface area contributed by atoms with Crippen molar-refractivity contribution < 1.29 is 24.2 Å². The van der Waals surface area contributed by atoms with Crippen LogP contribution in [0.1, 0.15) is 74.9 Å². The highest BCUT2D eigenvalue weighted by Gasteiger charge is 2.29. The number of carbonyl (C=O) groups is 2. The van der Waals surface area contributed by atoms with E-state index in [1.54, 1.807) is 101 Å². The summed E-state index contributed by atoms with van der Waals surface area (Å²) in [6.07, 6.45) is 10.4. The maximum atomic E-state index is 12.6. The third kappa shape index (κ3) is 22.9. The van der Waals surface area contributed by atoms with Gasteiger partial charge in [-0.2, -0.15) is 31.1 Å². The third-order valence-electron chi connectivity index (χ3n) is 18.7. The minimum atomic E-state index is -0.517. The van der Waals surface area contributed by atoms with Crippen LogP contribution in [0.4, 0.5) is 26.7 Å². The van der Waals surface area contributed by atoms with Crippen LogP contribution in [0.3, 0.4) is 0 Å². The Hall–Kier alpha value is -14.5. The quantitative estimate of drug-likeness (QED) is 0.0910. The van der Waals surface area contributed by atoms with Gasteiger partial charge in [-0.3, -0.25) is 14.4 Å². The number of ether oxygens (including phenoxy) is 2. The van der Waals surface area contributed by atoms with Crippen molar-refractivity contribution in [3.05, 3.63) is 284 Å². The molecule has 15 rings (SSSR count). The fraction of sp³-hybridized carbons (Fsp3) is 0.261. The number of aromatic nitrogens is 12. The van der Waals surface area contributed by atoms with Crippen LogP contribution in [0, 0.1) is 34.0 Å². The Kier molecular flexibility index (Phi) is 26.9. The molecule has 0 bridgehead atoms. The van der Waals surface area contributed by atoms with Crippen LogP contribution < -0.4 is 36.7 Å². The lowest BCUT2D eigenvalue weighted by molar-refractivity contribution is 0.0230. The first-order chi connectivity index (χ1) is 56.5. The van der Waals surface area contributed by atoms with Gasteiger partial charge in [-0.05, 0) is 131 Å². The summed E-state index contributed by atoms with van der Waals surface area (Å²) < 4.78 is 13.8. The molecular formula is C88H87N21O8. The number of aliphatic hydroxyl groups excluding tert-OH is 1. The van der Waals surface area contributed by atoms with Crippen molar-refractivity contribution in [3.8, 4) is 86.1 Å². The topological polar surface area (TPSA) is 365 Å². The van der Waals surface area contributed by atoms with Gasteiger partial charge in [-0.15, -0.1) is 0 Å². The highest BCUT2D eigenvalue weighted by molar-refractivity contribution is 5.70. The smallest absolute Gasteiger partial charge is 0.410 e. The van der Waals surface area contributed by atoms with E-state index in [0.717, 1.165) is 93.3 Å². The number of hydrogen-bond donors (Lipinski definition) is 3. The van der Waals surface area contributed by atoms with Gasteiger partial charge < -0.3 is 44.4 Å². The van der Waals surface area contributed by atoms with Gasteiger partial charge in [0.1, 0.15) is 11.2 Å². The average molecular weight is 1570 g/mol. The van der Waals surface area contributed by atoms with Gasteiger partial charge in [0.2, 0.25) is 0 Å². The minimum Gasteiger partial charge on any atom is -0.444 e. The predicted molar refractivity (Wildman–Crippen MR) is 444 cm³/mol. The number of piperazine rings is 3. The monoisotopic (exact) mass is 1570 g/mol. The van der Waals surface area contributed by atoms with Gasteiger partial charge in [-0.25, -0.2) is 54.0 Å². The molecule has 29 heteroatoms. The number of H-pyrrole nitrogens is 1. The van der Waals surface area contributed by atoms with Crippen LogP contribution in [0.2, 0.25) is 0 Å². The summed E-state index contributed by atoms with van der Waals surface area (Å²) in [6.45, 7) is 20.7. The Labute approximate surface area is 676 Å². The molecule has 9 heterocycles. The highest BCUT2D eigenvalue weighted by atomic mass is 16.6. The van der Waals surface area contributed by atoms with E-state index >= 15 is 0 Å². The van der Waals surface area contributed by atoms with E-state index in [0.29, 0.717) is 110 Å². The lowest BCUT2D eigenvalue weighted by atomic mass is 10.1. The molecule has 0 spiro atoms. The summed E-state index contributed by atoms with van der Waals surface area (Å²) in [6, 6.07) is 60.1. The molecule has 3 fully saturated rings. The molecule has 3 N–H and O–H groups in total. The van der Waals surface area contributed by atoms with Crippen molar-refractivity contribution in [2.24, 2.45) is 0 Å².